The van der Waals surface area contributed by atoms with Crippen LogP contribution in [-0.4, -0.2) is 56.8 Å². The van der Waals surface area contributed by atoms with E-state index >= 15 is 0 Å². The van der Waals surface area contributed by atoms with Gasteiger partial charge in [-0.15, -0.1) is 0 Å². The highest BCUT2D eigenvalue weighted by Crippen LogP contribution is 2.42. The van der Waals surface area contributed by atoms with Crippen LogP contribution >= 0.6 is 0 Å². The standard InChI is InChI=1S/C24H34N4O.C4H8O/c1-16(19-10-11-24(2,3)14-22(19)25-4)20-12-17-8-9-18(13-21(17)26-20)28(7)23(29)15-27(5)6;1-4(2)3-5/h8-9,12-13,25-26H,1,10-11,14-15H2,2-7H3;3-4H,1-2H3. The average Bonchev–Trinajstić information content (AvgIpc) is 3.20. The molecule has 6 nitrogen and oxygen atoms in total. The number of aromatic nitrogens is 1. The largest absolute Gasteiger partial charge is 0.391 e. The van der Waals surface area contributed by atoms with Crippen LogP contribution in [0.25, 0.3) is 16.5 Å². The summed E-state index contributed by atoms with van der Waals surface area (Å²) in [5, 5.41) is 4.53. The number of anilines is 1. The fraction of sp³-hybridized carbons (Fsp3) is 0.500. The molecule has 0 bridgehead atoms. The Morgan fingerprint density at radius 1 is 1.24 bits per heavy atom. The smallest absolute Gasteiger partial charge is 0.240 e. The Morgan fingerprint density at radius 3 is 2.44 bits per heavy atom. The molecule has 0 spiro atoms. The summed E-state index contributed by atoms with van der Waals surface area (Å²) in [5.41, 5.74) is 6.93. The zero-order valence-electron chi connectivity index (χ0n) is 22.2. The molecule has 0 radical (unpaired) electrons. The molecule has 2 aromatic rings. The normalized spacial score (nSPS) is 15.2. The number of likely N-dealkylation sites (N-methyl/N-ethyl adjacent to an activating group) is 2. The van der Waals surface area contributed by atoms with Gasteiger partial charge in [-0.3, -0.25) is 4.79 Å². The number of fused-ring (bicyclic) bond motifs is 1. The molecule has 1 aromatic heterocycles. The van der Waals surface area contributed by atoms with Crippen molar-refractivity contribution in [2.75, 3.05) is 39.6 Å². The Bertz CT molecular complexity index is 1060. The first-order valence-electron chi connectivity index (χ1n) is 12.0. The van der Waals surface area contributed by atoms with Gasteiger partial charge in [-0.2, -0.15) is 0 Å². The molecule has 3 rings (SSSR count). The third kappa shape index (κ3) is 7.07. The molecule has 34 heavy (non-hydrogen) atoms. The van der Waals surface area contributed by atoms with Gasteiger partial charge in [-0.1, -0.05) is 40.3 Å². The van der Waals surface area contributed by atoms with Crippen molar-refractivity contribution in [1.29, 1.82) is 0 Å². The van der Waals surface area contributed by atoms with Crippen LogP contribution in [0.15, 0.2) is 42.1 Å². The second-order valence-corrected chi connectivity index (χ2v) is 10.6. The number of carbonyl (C=O) groups is 2. The van der Waals surface area contributed by atoms with Gasteiger partial charge in [0.05, 0.1) is 6.54 Å². The zero-order valence-corrected chi connectivity index (χ0v) is 22.2. The molecule has 0 fully saturated rings. The fourth-order valence-electron chi connectivity index (χ4n) is 4.03. The van der Waals surface area contributed by atoms with Gasteiger partial charge in [0.2, 0.25) is 5.91 Å². The highest BCUT2D eigenvalue weighted by atomic mass is 16.2. The van der Waals surface area contributed by atoms with Gasteiger partial charge in [-0.05, 0) is 68.1 Å². The van der Waals surface area contributed by atoms with E-state index in [4.69, 9.17) is 0 Å². The summed E-state index contributed by atoms with van der Waals surface area (Å²) < 4.78 is 0. The second kappa shape index (κ2) is 11.5. The van der Waals surface area contributed by atoms with Crippen LogP contribution in [0.3, 0.4) is 0 Å². The molecule has 1 aliphatic rings. The number of allylic oxidation sites excluding steroid dienone is 3. The monoisotopic (exact) mass is 466 g/mol. The van der Waals surface area contributed by atoms with E-state index in [1.165, 1.54) is 11.3 Å². The number of rotatable bonds is 7. The predicted octanol–water partition coefficient (Wildman–Crippen LogP) is 5.23. The number of nitrogens with zero attached hydrogens (tertiary/aromatic N) is 2. The lowest BCUT2D eigenvalue weighted by Crippen LogP contribution is -2.34. The quantitative estimate of drug-likeness (QED) is 0.548. The summed E-state index contributed by atoms with van der Waals surface area (Å²) in [6.07, 6.45) is 4.15. The lowest BCUT2D eigenvalue weighted by molar-refractivity contribution is -0.118. The van der Waals surface area contributed by atoms with Crippen LogP contribution in [0, 0.1) is 11.3 Å². The van der Waals surface area contributed by atoms with Crippen molar-refractivity contribution in [3.05, 3.63) is 47.8 Å². The summed E-state index contributed by atoms with van der Waals surface area (Å²) in [7, 11) is 7.63. The summed E-state index contributed by atoms with van der Waals surface area (Å²) in [5.74, 6) is 0.272. The SMILES string of the molecule is C=C(C1=C(NC)CC(C)(C)CC1)c1cc2ccc(N(C)C(=O)CN(C)C)cc2[nH]1.CC(C)C=O. The van der Waals surface area contributed by atoms with Crippen LogP contribution in [-0.2, 0) is 9.59 Å². The van der Waals surface area contributed by atoms with Crippen LogP contribution < -0.4 is 10.2 Å². The minimum absolute atomic E-state index is 0.0687. The number of hydrogen-bond acceptors (Lipinski definition) is 4. The molecule has 2 N–H and O–H groups in total. The minimum Gasteiger partial charge on any atom is -0.391 e. The minimum atomic E-state index is 0.0687. The average molecular weight is 467 g/mol. The third-order valence-electron chi connectivity index (χ3n) is 6.15. The van der Waals surface area contributed by atoms with E-state index in [2.05, 4.69) is 42.9 Å². The van der Waals surface area contributed by atoms with E-state index < -0.39 is 0 Å². The molecule has 0 saturated heterocycles. The summed E-state index contributed by atoms with van der Waals surface area (Å²) >= 11 is 0. The molecule has 186 valence electrons. The summed E-state index contributed by atoms with van der Waals surface area (Å²) in [4.78, 5) is 29.0. The van der Waals surface area contributed by atoms with E-state index in [0.29, 0.717) is 12.0 Å². The van der Waals surface area contributed by atoms with Crippen molar-refractivity contribution in [3.8, 4) is 0 Å². The van der Waals surface area contributed by atoms with E-state index in [0.717, 1.165) is 53.4 Å². The molecule has 1 aromatic carbocycles. The topological polar surface area (TPSA) is 68.4 Å². The maximum Gasteiger partial charge on any atom is 0.240 e. The van der Waals surface area contributed by atoms with Crippen molar-refractivity contribution < 1.29 is 9.59 Å². The van der Waals surface area contributed by atoms with Crippen molar-refractivity contribution >= 4 is 34.4 Å². The molecule has 0 saturated carbocycles. The first-order valence-corrected chi connectivity index (χ1v) is 12.0. The fourth-order valence-corrected chi connectivity index (χ4v) is 4.03. The number of H-pyrrole nitrogens is 1. The lowest BCUT2D eigenvalue weighted by atomic mass is 9.75. The predicted molar refractivity (Wildman–Crippen MR) is 144 cm³/mol. The zero-order chi connectivity index (χ0) is 25.6. The molecule has 0 atom stereocenters. The number of aldehydes is 1. The number of carbonyl (C=O) groups excluding carboxylic acids is 2. The third-order valence-corrected chi connectivity index (χ3v) is 6.15. The Kier molecular flexibility index (Phi) is 9.28. The molecular weight excluding hydrogens is 424 g/mol. The van der Waals surface area contributed by atoms with Gasteiger partial charge in [0.1, 0.15) is 6.29 Å². The van der Waals surface area contributed by atoms with Crippen LogP contribution in [0.5, 0.6) is 0 Å². The lowest BCUT2D eigenvalue weighted by Gasteiger charge is -2.33. The number of nitrogens with one attached hydrogen (secondary N) is 2. The van der Waals surface area contributed by atoms with Crippen molar-refractivity contribution in [2.24, 2.45) is 11.3 Å². The van der Waals surface area contributed by atoms with Crippen LogP contribution in [0.2, 0.25) is 0 Å². The molecular formula is C28H42N4O2. The molecule has 6 heteroatoms. The van der Waals surface area contributed by atoms with E-state index in [-0.39, 0.29) is 11.8 Å². The molecule has 0 unspecified atom stereocenters. The maximum atomic E-state index is 12.4. The van der Waals surface area contributed by atoms with Gasteiger partial charge in [-0.25, -0.2) is 0 Å². The van der Waals surface area contributed by atoms with Gasteiger partial charge >= 0.3 is 0 Å². The van der Waals surface area contributed by atoms with Gasteiger partial charge in [0, 0.05) is 48.0 Å². The first kappa shape index (κ1) is 27.4. The maximum absolute atomic E-state index is 12.4. The van der Waals surface area contributed by atoms with Crippen molar-refractivity contribution in [3.63, 3.8) is 0 Å². The Hall–Kier alpha value is -2.86. The van der Waals surface area contributed by atoms with E-state index in [1.807, 2.05) is 59.1 Å². The number of aromatic amines is 1. The van der Waals surface area contributed by atoms with Gasteiger partial charge < -0.3 is 24.9 Å². The highest BCUT2D eigenvalue weighted by Gasteiger charge is 2.28. The highest BCUT2D eigenvalue weighted by molar-refractivity contribution is 5.97. The summed E-state index contributed by atoms with van der Waals surface area (Å²) in [6.45, 7) is 13.1. The number of hydrogen-bond donors (Lipinski definition) is 2. The molecule has 1 aliphatic carbocycles. The molecule has 0 aliphatic heterocycles. The Balaban J connectivity index is 0.000000739. The number of benzene rings is 1. The summed E-state index contributed by atoms with van der Waals surface area (Å²) in [6, 6.07) is 8.26. The molecule has 1 amide bonds. The number of amides is 1. The van der Waals surface area contributed by atoms with E-state index in [9.17, 15) is 9.59 Å². The van der Waals surface area contributed by atoms with Crippen molar-refractivity contribution in [1.82, 2.24) is 15.2 Å². The van der Waals surface area contributed by atoms with Crippen molar-refractivity contribution in [2.45, 2.75) is 47.0 Å². The Morgan fingerprint density at radius 2 is 1.88 bits per heavy atom. The molecule has 1 heterocycles. The van der Waals surface area contributed by atoms with Gasteiger partial charge in [0.15, 0.2) is 0 Å². The van der Waals surface area contributed by atoms with Gasteiger partial charge in [0.25, 0.3) is 0 Å². The second-order valence-electron chi connectivity index (χ2n) is 10.6. The van der Waals surface area contributed by atoms with Crippen LogP contribution in [0.4, 0.5) is 5.69 Å². The first-order chi connectivity index (χ1) is 15.9. The van der Waals surface area contributed by atoms with Crippen LogP contribution in [0.1, 0.15) is 52.7 Å². The Labute approximate surface area is 205 Å². The van der Waals surface area contributed by atoms with E-state index in [1.54, 1.807) is 4.90 Å².